The number of rotatable bonds is 7. The van der Waals surface area contributed by atoms with Crippen LogP contribution in [0.4, 0.5) is 5.69 Å². The predicted octanol–water partition coefficient (Wildman–Crippen LogP) is 4.07. The van der Waals surface area contributed by atoms with Gasteiger partial charge in [0.15, 0.2) is 0 Å². The molecule has 0 saturated heterocycles. The molecule has 0 aliphatic carbocycles. The summed E-state index contributed by atoms with van der Waals surface area (Å²) in [5.41, 5.74) is -0.135. The van der Waals surface area contributed by atoms with E-state index in [0.29, 0.717) is 12.0 Å². The van der Waals surface area contributed by atoms with Gasteiger partial charge in [-0.15, -0.1) is 0 Å². The molecule has 5 nitrogen and oxygen atoms in total. The largest absolute Gasteiger partial charge is 0.477 e. The van der Waals surface area contributed by atoms with E-state index < -0.39 is 16.6 Å². The molecular formula is C13H16ClNO4. The maximum Gasteiger partial charge on any atom is 0.342 e. The van der Waals surface area contributed by atoms with Gasteiger partial charge in [0.25, 0.3) is 5.69 Å². The zero-order valence-corrected chi connectivity index (χ0v) is 11.4. The first-order valence-electron chi connectivity index (χ1n) is 6.17. The molecule has 0 atom stereocenters. The minimum atomic E-state index is -1.34. The quantitative estimate of drug-likeness (QED) is 0.465. The van der Waals surface area contributed by atoms with Gasteiger partial charge in [-0.1, -0.05) is 37.8 Å². The average molecular weight is 286 g/mol. The van der Waals surface area contributed by atoms with Crippen LogP contribution in [0.3, 0.4) is 0 Å². The Balaban J connectivity index is 2.97. The van der Waals surface area contributed by atoms with Crippen LogP contribution in [0.5, 0.6) is 0 Å². The number of hydrogen-bond acceptors (Lipinski definition) is 3. The summed E-state index contributed by atoms with van der Waals surface area (Å²) in [4.78, 5) is 21.1. The Morgan fingerprint density at radius 3 is 2.58 bits per heavy atom. The Kier molecular flexibility index (Phi) is 5.76. The van der Waals surface area contributed by atoms with Crippen molar-refractivity contribution in [2.45, 2.75) is 39.0 Å². The maximum absolute atomic E-state index is 10.9. The Morgan fingerprint density at radius 1 is 1.37 bits per heavy atom. The number of nitro groups is 1. The number of carboxylic acid groups (broad SMARTS) is 1. The van der Waals surface area contributed by atoms with Crippen molar-refractivity contribution in [1.82, 2.24) is 0 Å². The van der Waals surface area contributed by atoms with Crippen LogP contribution in [0, 0.1) is 10.1 Å². The third-order valence-corrected chi connectivity index (χ3v) is 3.24. The molecule has 0 aliphatic heterocycles. The summed E-state index contributed by atoms with van der Waals surface area (Å²) in [5.74, 6) is -1.34. The lowest BCUT2D eigenvalue weighted by Crippen LogP contribution is -2.04. The highest BCUT2D eigenvalue weighted by Crippen LogP contribution is 2.28. The first-order chi connectivity index (χ1) is 8.97. The second-order valence-corrected chi connectivity index (χ2v) is 4.74. The van der Waals surface area contributed by atoms with Crippen molar-refractivity contribution >= 4 is 23.3 Å². The Bertz CT molecular complexity index is 488. The topological polar surface area (TPSA) is 80.4 Å². The van der Waals surface area contributed by atoms with Crippen molar-refractivity contribution in [1.29, 1.82) is 0 Å². The zero-order valence-electron chi connectivity index (χ0n) is 10.7. The van der Waals surface area contributed by atoms with E-state index >= 15 is 0 Å². The molecular weight excluding hydrogens is 270 g/mol. The van der Waals surface area contributed by atoms with Crippen LogP contribution in [-0.2, 0) is 6.42 Å². The molecule has 6 heteroatoms. The number of halogens is 1. The summed E-state index contributed by atoms with van der Waals surface area (Å²) in [6.07, 6.45) is 4.75. The Hall–Kier alpha value is -1.62. The van der Waals surface area contributed by atoms with E-state index in [4.69, 9.17) is 16.7 Å². The summed E-state index contributed by atoms with van der Waals surface area (Å²) in [5, 5.41) is 20.1. The number of nitro benzene ring substituents is 1. The molecule has 0 aromatic heterocycles. The van der Waals surface area contributed by atoms with E-state index in [1.807, 2.05) is 0 Å². The van der Waals surface area contributed by atoms with Gasteiger partial charge in [0, 0.05) is 11.1 Å². The van der Waals surface area contributed by atoms with Crippen LogP contribution >= 0.6 is 11.6 Å². The standard InChI is InChI=1S/C13H16ClNO4/c1-2-3-4-5-6-9-7-12(15(18)19)10(13(16)17)8-11(9)14/h7-8H,2-6H2,1H3,(H,16,17). The SMILES string of the molecule is CCCCCCc1cc([N+](=O)[O-])c(C(=O)O)cc1Cl. The minimum absolute atomic E-state index is 0.277. The van der Waals surface area contributed by atoms with Crippen LogP contribution in [0.2, 0.25) is 5.02 Å². The van der Waals surface area contributed by atoms with Gasteiger partial charge < -0.3 is 5.11 Å². The van der Waals surface area contributed by atoms with Crippen LogP contribution < -0.4 is 0 Å². The van der Waals surface area contributed by atoms with E-state index in [-0.39, 0.29) is 10.6 Å². The van der Waals surface area contributed by atoms with Gasteiger partial charge in [0.2, 0.25) is 0 Å². The molecule has 1 aromatic carbocycles. The number of unbranched alkanes of at least 4 members (excludes halogenated alkanes) is 3. The number of benzene rings is 1. The lowest BCUT2D eigenvalue weighted by Gasteiger charge is -2.06. The molecule has 1 rings (SSSR count). The van der Waals surface area contributed by atoms with Gasteiger partial charge in [-0.2, -0.15) is 0 Å². The lowest BCUT2D eigenvalue weighted by molar-refractivity contribution is -0.385. The molecule has 104 valence electrons. The molecule has 0 bridgehead atoms. The second kappa shape index (κ2) is 7.09. The van der Waals surface area contributed by atoms with Gasteiger partial charge in [0.05, 0.1) is 4.92 Å². The number of aryl methyl sites for hydroxylation is 1. The number of carbonyl (C=O) groups is 1. The van der Waals surface area contributed by atoms with Gasteiger partial charge in [-0.25, -0.2) is 4.79 Å². The summed E-state index contributed by atoms with van der Waals surface area (Å²) >= 11 is 5.98. The molecule has 0 heterocycles. The van der Waals surface area contributed by atoms with E-state index in [1.165, 1.54) is 6.07 Å². The monoisotopic (exact) mass is 285 g/mol. The number of carboxylic acids is 1. The van der Waals surface area contributed by atoms with Crippen LogP contribution in [0.15, 0.2) is 12.1 Å². The van der Waals surface area contributed by atoms with E-state index in [1.54, 1.807) is 0 Å². The number of aromatic carboxylic acids is 1. The van der Waals surface area contributed by atoms with E-state index in [2.05, 4.69) is 6.92 Å². The summed E-state index contributed by atoms with van der Waals surface area (Å²) in [6.45, 7) is 2.10. The normalized spacial score (nSPS) is 10.4. The second-order valence-electron chi connectivity index (χ2n) is 4.33. The van der Waals surface area contributed by atoms with Crippen molar-refractivity contribution in [3.63, 3.8) is 0 Å². The van der Waals surface area contributed by atoms with E-state index in [9.17, 15) is 14.9 Å². The highest BCUT2D eigenvalue weighted by molar-refractivity contribution is 6.31. The fourth-order valence-electron chi connectivity index (χ4n) is 1.86. The minimum Gasteiger partial charge on any atom is -0.477 e. The van der Waals surface area contributed by atoms with Gasteiger partial charge in [-0.3, -0.25) is 10.1 Å². The third kappa shape index (κ3) is 4.21. The molecule has 0 spiro atoms. The van der Waals surface area contributed by atoms with Gasteiger partial charge >= 0.3 is 5.97 Å². The van der Waals surface area contributed by atoms with Gasteiger partial charge in [0.1, 0.15) is 5.56 Å². The summed E-state index contributed by atoms with van der Waals surface area (Å²) in [6, 6.07) is 2.44. The highest BCUT2D eigenvalue weighted by Gasteiger charge is 2.22. The Morgan fingerprint density at radius 2 is 2.05 bits per heavy atom. The molecule has 0 fully saturated rings. The van der Waals surface area contributed by atoms with Crippen LogP contribution in [0.1, 0.15) is 48.5 Å². The van der Waals surface area contributed by atoms with Crippen molar-refractivity contribution in [2.75, 3.05) is 0 Å². The third-order valence-electron chi connectivity index (χ3n) is 2.89. The molecule has 0 unspecified atom stereocenters. The highest BCUT2D eigenvalue weighted by atomic mass is 35.5. The molecule has 0 radical (unpaired) electrons. The van der Waals surface area contributed by atoms with Crippen LogP contribution in [0.25, 0.3) is 0 Å². The lowest BCUT2D eigenvalue weighted by atomic mass is 10.0. The summed E-state index contributed by atoms with van der Waals surface area (Å²) < 4.78 is 0. The first kappa shape index (κ1) is 15.4. The fourth-order valence-corrected chi connectivity index (χ4v) is 2.12. The first-order valence-corrected chi connectivity index (χ1v) is 6.55. The molecule has 0 saturated carbocycles. The molecule has 1 aromatic rings. The predicted molar refractivity (Wildman–Crippen MR) is 72.9 cm³/mol. The molecule has 0 aliphatic rings. The average Bonchev–Trinajstić information content (AvgIpc) is 2.35. The molecule has 0 amide bonds. The van der Waals surface area contributed by atoms with Crippen LogP contribution in [-0.4, -0.2) is 16.0 Å². The zero-order chi connectivity index (χ0) is 14.4. The van der Waals surface area contributed by atoms with Crippen molar-refractivity contribution < 1.29 is 14.8 Å². The number of nitrogens with zero attached hydrogens (tertiary/aromatic N) is 1. The van der Waals surface area contributed by atoms with Crippen molar-refractivity contribution in [2.24, 2.45) is 0 Å². The Labute approximate surface area is 116 Å². The maximum atomic E-state index is 10.9. The number of hydrogen-bond donors (Lipinski definition) is 1. The van der Waals surface area contributed by atoms with Gasteiger partial charge in [-0.05, 0) is 24.5 Å². The smallest absolute Gasteiger partial charge is 0.342 e. The van der Waals surface area contributed by atoms with Crippen molar-refractivity contribution in [3.05, 3.63) is 38.4 Å². The van der Waals surface area contributed by atoms with E-state index in [0.717, 1.165) is 31.7 Å². The summed E-state index contributed by atoms with van der Waals surface area (Å²) in [7, 11) is 0. The van der Waals surface area contributed by atoms with Crippen molar-refractivity contribution in [3.8, 4) is 0 Å². The molecule has 1 N–H and O–H groups in total. The fraction of sp³-hybridized carbons (Fsp3) is 0.462. The molecule has 19 heavy (non-hydrogen) atoms.